The summed E-state index contributed by atoms with van der Waals surface area (Å²) < 4.78 is 1.66. The van der Waals surface area contributed by atoms with E-state index in [9.17, 15) is 0 Å². The van der Waals surface area contributed by atoms with Crippen LogP contribution >= 0.6 is 11.6 Å². The van der Waals surface area contributed by atoms with Gasteiger partial charge in [-0.25, -0.2) is 9.67 Å². The lowest BCUT2D eigenvalue weighted by Gasteiger charge is -2.08. The van der Waals surface area contributed by atoms with Crippen molar-refractivity contribution >= 4 is 28.5 Å². The third-order valence-corrected chi connectivity index (χ3v) is 2.88. The summed E-state index contributed by atoms with van der Waals surface area (Å²) in [6.45, 7) is 2.76. The minimum absolute atomic E-state index is 0.577. The first-order valence-corrected chi connectivity index (χ1v) is 6.37. The van der Waals surface area contributed by atoms with Crippen LogP contribution in [-0.2, 0) is 0 Å². The van der Waals surface area contributed by atoms with E-state index in [1.54, 1.807) is 17.1 Å². The Hall–Kier alpha value is -2.14. The molecule has 1 N–H and O–H groups in total. The van der Waals surface area contributed by atoms with Gasteiger partial charge < -0.3 is 5.32 Å². The van der Waals surface area contributed by atoms with Crippen LogP contribution in [0.5, 0.6) is 0 Å². The molecule has 6 heteroatoms. The van der Waals surface area contributed by atoms with Gasteiger partial charge in [0.1, 0.15) is 0 Å². The zero-order valence-electron chi connectivity index (χ0n) is 10.3. The lowest BCUT2D eigenvalue weighted by atomic mass is 10.2. The zero-order chi connectivity index (χ0) is 13.2. The van der Waals surface area contributed by atoms with Crippen molar-refractivity contribution in [3.63, 3.8) is 0 Å². The van der Waals surface area contributed by atoms with Gasteiger partial charge >= 0.3 is 0 Å². The molecule has 1 aromatic carbocycles. The van der Waals surface area contributed by atoms with E-state index in [1.165, 1.54) is 0 Å². The van der Waals surface area contributed by atoms with E-state index in [0.717, 1.165) is 17.4 Å². The Bertz CT molecular complexity index is 722. The first kappa shape index (κ1) is 11.9. The smallest absolute Gasteiger partial charge is 0.225 e. The summed E-state index contributed by atoms with van der Waals surface area (Å²) in [5, 5.41) is 8.84. The van der Waals surface area contributed by atoms with Crippen LogP contribution < -0.4 is 5.32 Å². The van der Waals surface area contributed by atoms with E-state index < -0.39 is 0 Å². The van der Waals surface area contributed by atoms with Gasteiger partial charge in [0, 0.05) is 11.9 Å². The molecule has 96 valence electrons. The van der Waals surface area contributed by atoms with E-state index in [-0.39, 0.29) is 0 Å². The second kappa shape index (κ2) is 4.85. The van der Waals surface area contributed by atoms with Gasteiger partial charge in [0.25, 0.3) is 0 Å². The van der Waals surface area contributed by atoms with Gasteiger partial charge in [0.05, 0.1) is 22.9 Å². The maximum atomic E-state index is 5.92. The molecule has 0 spiro atoms. The summed E-state index contributed by atoms with van der Waals surface area (Å²) in [7, 11) is 0. The summed E-state index contributed by atoms with van der Waals surface area (Å²) in [4.78, 5) is 8.96. The predicted molar refractivity (Wildman–Crippen MR) is 75.8 cm³/mol. The molecule has 3 aromatic rings. The van der Waals surface area contributed by atoms with Crippen LogP contribution in [0.4, 0.5) is 5.95 Å². The van der Waals surface area contributed by atoms with Gasteiger partial charge in [-0.1, -0.05) is 23.7 Å². The normalized spacial score (nSPS) is 10.8. The van der Waals surface area contributed by atoms with Crippen LogP contribution in [0, 0.1) is 0 Å². The lowest BCUT2D eigenvalue weighted by molar-refractivity contribution is 0.851. The Balaban J connectivity index is 2.25. The molecule has 0 aliphatic rings. The molecule has 3 rings (SSSR count). The summed E-state index contributed by atoms with van der Waals surface area (Å²) in [6.07, 6.45) is 3.32. The molecular weight excluding hydrogens is 262 g/mol. The zero-order valence-corrected chi connectivity index (χ0v) is 11.1. The van der Waals surface area contributed by atoms with Gasteiger partial charge in [0.15, 0.2) is 5.82 Å². The first-order chi connectivity index (χ1) is 9.28. The van der Waals surface area contributed by atoms with Crippen LogP contribution in [0.3, 0.4) is 0 Å². The molecule has 0 amide bonds. The predicted octanol–water partition coefficient (Wildman–Crippen LogP) is 2.90. The molecule has 0 unspecified atom stereocenters. The number of anilines is 1. The standard InChI is InChI=1S/C13H12ClN5/c1-2-15-13-17-11-6-4-3-5-10(11)12(18-13)19-8-9(14)7-16-19/h3-8H,2H2,1H3,(H,15,17,18). The highest BCUT2D eigenvalue weighted by Crippen LogP contribution is 2.21. The van der Waals surface area contributed by atoms with E-state index in [0.29, 0.717) is 16.8 Å². The van der Waals surface area contributed by atoms with Crippen LogP contribution in [0.1, 0.15) is 6.92 Å². The maximum absolute atomic E-state index is 5.92. The van der Waals surface area contributed by atoms with Crippen molar-refractivity contribution in [2.24, 2.45) is 0 Å². The third kappa shape index (κ3) is 2.24. The Morgan fingerprint density at radius 3 is 2.84 bits per heavy atom. The van der Waals surface area contributed by atoms with Gasteiger partial charge in [0.2, 0.25) is 5.95 Å². The maximum Gasteiger partial charge on any atom is 0.225 e. The monoisotopic (exact) mass is 273 g/mol. The Morgan fingerprint density at radius 2 is 2.11 bits per heavy atom. The fourth-order valence-corrected chi connectivity index (χ4v) is 2.02. The number of para-hydroxylation sites is 1. The summed E-state index contributed by atoms with van der Waals surface area (Å²) >= 11 is 5.92. The van der Waals surface area contributed by atoms with Crippen molar-refractivity contribution < 1.29 is 0 Å². The van der Waals surface area contributed by atoms with E-state index in [1.807, 2.05) is 31.2 Å². The highest BCUT2D eigenvalue weighted by atomic mass is 35.5. The number of rotatable bonds is 3. The molecule has 2 heterocycles. The second-order valence-electron chi connectivity index (χ2n) is 4.02. The van der Waals surface area contributed by atoms with E-state index >= 15 is 0 Å². The first-order valence-electron chi connectivity index (χ1n) is 5.99. The molecule has 0 atom stereocenters. The van der Waals surface area contributed by atoms with Gasteiger partial charge in [-0.2, -0.15) is 10.1 Å². The second-order valence-corrected chi connectivity index (χ2v) is 4.46. The van der Waals surface area contributed by atoms with Crippen LogP contribution in [-0.4, -0.2) is 26.3 Å². The van der Waals surface area contributed by atoms with Crippen molar-refractivity contribution in [3.8, 4) is 5.82 Å². The van der Waals surface area contributed by atoms with E-state index in [4.69, 9.17) is 11.6 Å². The van der Waals surface area contributed by atoms with Crippen molar-refractivity contribution in [1.29, 1.82) is 0 Å². The molecule has 0 saturated heterocycles. The molecule has 5 nitrogen and oxygen atoms in total. The highest BCUT2D eigenvalue weighted by molar-refractivity contribution is 6.30. The molecule has 19 heavy (non-hydrogen) atoms. The van der Waals surface area contributed by atoms with Crippen molar-refractivity contribution in [2.75, 3.05) is 11.9 Å². The number of benzene rings is 1. The Morgan fingerprint density at radius 1 is 1.26 bits per heavy atom. The van der Waals surface area contributed by atoms with Crippen LogP contribution in [0.25, 0.3) is 16.7 Å². The van der Waals surface area contributed by atoms with Crippen molar-refractivity contribution in [3.05, 3.63) is 41.7 Å². The number of hydrogen-bond acceptors (Lipinski definition) is 4. The summed E-state index contributed by atoms with van der Waals surface area (Å²) in [5.74, 6) is 1.30. The molecule has 0 aliphatic carbocycles. The fourth-order valence-electron chi connectivity index (χ4n) is 1.89. The van der Waals surface area contributed by atoms with Gasteiger partial charge in [-0.05, 0) is 19.1 Å². The molecule has 0 fully saturated rings. The molecule has 0 saturated carbocycles. The molecular formula is C13H12ClN5. The SMILES string of the molecule is CCNc1nc(-n2cc(Cl)cn2)c2ccccc2n1. The number of aromatic nitrogens is 4. The number of nitrogens with one attached hydrogen (secondary N) is 1. The molecule has 2 aromatic heterocycles. The largest absolute Gasteiger partial charge is 0.354 e. The number of nitrogens with zero attached hydrogens (tertiary/aromatic N) is 4. The lowest BCUT2D eigenvalue weighted by Crippen LogP contribution is -2.07. The Kier molecular flexibility index (Phi) is 3.05. The average molecular weight is 274 g/mol. The summed E-state index contributed by atoms with van der Waals surface area (Å²) in [5.41, 5.74) is 0.870. The summed E-state index contributed by atoms with van der Waals surface area (Å²) in [6, 6.07) is 7.82. The van der Waals surface area contributed by atoms with Crippen molar-refractivity contribution in [1.82, 2.24) is 19.7 Å². The molecule has 0 radical (unpaired) electrons. The number of fused-ring (bicyclic) bond motifs is 1. The number of hydrogen-bond donors (Lipinski definition) is 1. The van der Waals surface area contributed by atoms with Gasteiger partial charge in [-0.3, -0.25) is 0 Å². The minimum atomic E-state index is 0.577. The number of halogens is 1. The fraction of sp³-hybridized carbons (Fsp3) is 0.154. The average Bonchev–Trinajstić information content (AvgIpc) is 2.85. The quantitative estimate of drug-likeness (QED) is 0.797. The topological polar surface area (TPSA) is 55.6 Å². The van der Waals surface area contributed by atoms with E-state index in [2.05, 4.69) is 20.4 Å². The molecule has 0 bridgehead atoms. The minimum Gasteiger partial charge on any atom is -0.354 e. The highest BCUT2D eigenvalue weighted by Gasteiger charge is 2.09. The Labute approximate surface area is 115 Å². The van der Waals surface area contributed by atoms with Gasteiger partial charge in [-0.15, -0.1) is 0 Å². The van der Waals surface area contributed by atoms with Crippen LogP contribution in [0.2, 0.25) is 5.02 Å². The van der Waals surface area contributed by atoms with Crippen LogP contribution in [0.15, 0.2) is 36.7 Å². The van der Waals surface area contributed by atoms with Crippen molar-refractivity contribution in [2.45, 2.75) is 6.92 Å². The third-order valence-electron chi connectivity index (χ3n) is 2.69. The molecule has 0 aliphatic heterocycles.